The van der Waals surface area contributed by atoms with Gasteiger partial charge in [-0.3, -0.25) is 9.52 Å². The summed E-state index contributed by atoms with van der Waals surface area (Å²) >= 11 is 0. The second-order valence-electron chi connectivity index (χ2n) is 7.94. The van der Waals surface area contributed by atoms with Gasteiger partial charge in [0.1, 0.15) is 0 Å². The van der Waals surface area contributed by atoms with Crippen molar-refractivity contribution in [2.45, 2.75) is 50.8 Å². The maximum atomic E-state index is 13.1. The minimum absolute atomic E-state index is 0.0106. The van der Waals surface area contributed by atoms with E-state index in [9.17, 15) is 21.6 Å². The average molecular weight is 451 g/mol. The third-order valence-electron chi connectivity index (χ3n) is 5.07. The van der Waals surface area contributed by atoms with Gasteiger partial charge in [-0.2, -0.15) is 0 Å². The second kappa shape index (κ2) is 8.03. The van der Waals surface area contributed by atoms with Crippen molar-refractivity contribution in [2.24, 2.45) is 0 Å². The molecule has 30 heavy (non-hydrogen) atoms. The molecule has 1 amide bonds. The van der Waals surface area contributed by atoms with E-state index in [0.29, 0.717) is 5.69 Å². The molecule has 1 aliphatic rings. The number of amides is 1. The smallest absolute Gasteiger partial charge is 0.261 e. The number of rotatable bonds is 6. The minimum atomic E-state index is -3.91. The largest absolute Gasteiger partial charge is 0.279 e. The molecule has 9 heteroatoms. The molecule has 0 spiro atoms. The molecule has 1 fully saturated rings. The van der Waals surface area contributed by atoms with Crippen molar-refractivity contribution in [3.63, 3.8) is 0 Å². The Labute approximate surface area is 178 Å². The van der Waals surface area contributed by atoms with Gasteiger partial charge in [0.05, 0.1) is 22.0 Å². The summed E-state index contributed by atoms with van der Waals surface area (Å²) in [5.74, 6) is -0.515. The molecule has 0 bridgehead atoms. The van der Waals surface area contributed by atoms with Crippen LogP contribution in [-0.4, -0.2) is 28.5 Å². The normalized spacial score (nSPS) is 16.5. The Kier molecular flexibility index (Phi) is 5.97. The highest BCUT2D eigenvalue weighted by atomic mass is 32.2. The summed E-state index contributed by atoms with van der Waals surface area (Å²) in [7, 11) is -7.61. The van der Waals surface area contributed by atoms with Crippen molar-refractivity contribution >= 4 is 37.3 Å². The Balaban J connectivity index is 1.97. The van der Waals surface area contributed by atoms with Crippen LogP contribution < -0.4 is 9.03 Å². The fourth-order valence-electron chi connectivity index (χ4n) is 3.49. The fraction of sp³-hybridized carbons (Fsp3) is 0.381. The van der Waals surface area contributed by atoms with Gasteiger partial charge in [0.25, 0.3) is 10.0 Å². The quantitative estimate of drug-likeness (QED) is 0.721. The maximum absolute atomic E-state index is 13.1. The summed E-state index contributed by atoms with van der Waals surface area (Å²) < 4.78 is 53.7. The van der Waals surface area contributed by atoms with Gasteiger partial charge in [0, 0.05) is 6.42 Å². The van der Waals surface area contributed by atoms with Crippen LogP contribution in [0, 0.1) is 0 Å². The lowest BCUT2D eigenvalue weighted by Crippen LogP contribution is -2.29. The van der Waals surface area contributed by atoms with Crippen molar-refractivity contribution in [2.75, 3.05) is 14.8 Å². The predicted molar refractivity (Wildman–Crippen MR) is 118 cm³/mol. The number of sulfonamides is 2. The molecule has 7 nitrogen and oxygen atoms in total. The molecule has 0 atom stereocenters. The Bertz CT molecular complexity index is 1140. The van der Waals surface area contributed by atoms with Gasteiger partial charge < -0.3 is 0 Å². The molecular weight excluding hydrogens is 424 g/mol. The van der Waals surface area contributed by atoms with Crippen molar-refractivity contribution < 1.29 is 21.6 Å². The molecule has 3 rings (SSSR count). The summed E-state index contributed by atoms with van der Waals surface area (Å²) in [5, 5.41) is 0. The topological polar surface area (TPSA) is 101 Å². The molecule has 162 valence electrons. The van der Waals surface area contributed by atoms with Crippen LogP contribution in [0.15, 0.2) is 47.4 Å². The number of anilines is 2. The first-order chi connectivity index (χ1) is 13.9. The van der Waals surface area contributed by atoms with Crippen molar-refractivity contribution in [1.29, 1.82) is 0 Å². The van der Waals surface area contributed by atoms with E-state index in [1.54, 1.807) is 0 Å². The zero-order valence-electron chi connectivity index (χ0n) is 17.4. The molecule has 0 unspecified atom stereocenters. The number of carbonyl (C=O) groups is 1. The molecule has 0 aliphatic carbocycles. The van der Waals surface area contributed by atoms with Gasteiger partial charge in [0.15, 0.2) is 0 Å². The predicted octanol–water partition coefficient (Wildman–Crippen LogP) is 3.80. The van der Waals surface area contributed by atoms with Crippen LogP contribution >= 0.6 is 0 Å². The summed E-state index contributed by atoms with van der Waals surface area (Å²) in [6, 6.07) is 11.0. The van der Waals surface area contributed by atoms with Crippen molar-refractivity contribution in [1.82, 2.24) is 0 Å². The highest BCUT2D eigenvalue weighted by Gasteiger charge is 2.36. The van der Waals surface area contributed by atoms with Gasteiger partial charge in [-0.25, -0.2) is 21.1 Å². The lowest BCUT2D eigenvalue weighted by Gasteiger charge is -2.21. The van der Waals surface area contributed by atoms with E-state index in [4.69, 9.17) is 0 Å². The molecular formula is C21H26N2O5S2. The molecule has 1 aliphatic heterocycles. The van der Waals surface area contributed by atoms with Crippen LogP contribution in [0.25, 0.3) is 0 Å². The zero-order chi connectivity index (χ0) is 22.3. The Hall–Kier alpha value is -2.39. The van der Waals surface area contributed by atoms with Crippen molar-refractivity contribution in [3.05, 3.63) is 53.6 Å². The van der Waals surface area contributed by atoms with E-state index < -0.39 is 26.0 Å². The first-order valence-corrected chi connectivity index (χ1v) is 12.8. The van der Waals surface area contributed by atoms with E-state index in [2.05, 4.69) is 4.72 Å². The summed E-state index contributed by atoms with van der Waals surface area (Å²) in [4.78, 5) is 11.9. The van der Waals surface area contributed by atoms with Gasteiger partial charge in [-0.05, 0) is 47.2 Å². The van der Waals surface area contributed by atoms with Crippen LogP contribution in [0.5, 0.6) is 0 Å². The average Bonchev–Trinajstić information content (AvgIpc) is 2.93. The maximum Gasteiger partial charge on any atom is 0.261 e. The van der Waals surface area contributed by atoms with Gasteiger partial charge >= 0.3 is 0 Å². The van der Waals surface area contributed by atoms with Crippen molar-refractivity contribution in [3.8, 4) is 0 Å². The monoisotopic (exact) mass is 450 g/mol. The second-order valence-corrected chi connectivity index (χ2v) is 11.6. The number of nitrogens with one attached hydrogen (secondary N) is 1. The van der Waals surface area contributed by atoms with Gasteiger partial charge in [-0.1, -0.05) is 45.9 Å². The number of benzene rings is 2. The first kappa shape index (κ1) is 22.3. The standard InChI is InChI=1S/C21H26N2O5S2/c1-14(2)18-6-5-7-19(15(3)4)21(18)22-30(27,28)17-10-8-16(9-11-17)23-20(24)12-13-29(23,25)26/h5-11,14-15,22H,12-13H2,1-4H3. The van der Waals surface area contributed by atoms with Crippen LogP contribution in [0.1, 0.15) is 57.1 Å². The summed E-state index contributed by atoms with van der Waals surface area (Å²) in [6.45, 7) is 8.00. The van der Waals surface area contributed by atoms with E-state index in [0.717, 1.165) is 15.4 Å². The molecule has 2 aromatic rings. The van der Waals surface area contributed by atoms with E-state index in [-0.39, 0.29) is 34.6 Å². The Morgan fingerprint density at radius 3 is 1.90 bits per heavy atom. The highest BCUT2D eigenvalue weighted by molar-refractivity contribution is 7.94. The Morgan fingerprint density at radius 2 is 1.47 bits per heavy atom. The summed E-state index contributed by atoms with van der Waals surface area (Å²) in [5.41, 5.74) is 2.51. The number of nitrogens with zero attached hydrogens (tertiary/aromatic N) is 1. The number of hydrogen-bond donors (Lipinski definition) is 1. The lowest BCUT2D eigenvalue weighted by atomic mass is 9.93. The SMILES string of the molecule is CC(C)c1cccc(C(C)C)c1NS(=O)(=O)c1ccc(N2C(=O)CCS2(=O)=O)cc1. The zero-order valence-corrected chi connectivity index (χ0v) is 19.0. The summed E-state index contributed by atoms with van der Waals surface area (Å²) in [6.07, 6.45) is -0.0755. The lowest BCUT2D eigenvalue weighted by molar-refractivity contribution is -0.116. The van der Waals surface area contributed by atoms with Gasteiger partial charge in [-0.15, -0.1) is 0 Å². The van der Waals surface area contributed by atoms with E-state index in [1.807, 2.05) is 45.9 Å². The number of hydrogen-bond acceptors (Lipinski definition) is 5. The third kappa shape index (κ3) is 4.22. The third-order valence-corrected chi connectivity index (χ3v) is 8.13. The van der Waals surface area contributed by atoms with E-state index in [1.165, 1.54) is 24.3 Å². The molecule has 0 radical (unpaired) electrons. The molecule has 0 aromatic heterocycles. The molecule has 1 heterocycles. The molecule has 0 saturated carbocycles. The number of carbonyl (C=O) groups excluding carboxylic acids is 1. The molecule has 2 aromatic carbocycles. The Morgan fingerprint density at radius 1 is 0.933 bits per heavy atom. The first-order valence-electron chi connectivity index (χ1n) is 9.75. The minimum Gasteiger partial charge on any atom is -0.279 e. The van der Waals surface area contributed by atoms with Crippen LogP contribution in [0.3, 0.4) is 0 Å². The van der Waals surface area contributed by atoms with Gasteiger partial charge in [0.2, 0.25) is 15.9 Å². The van der Waals surface area contributed by atoms with Crippen LogP contribution in [-0.2, 0) is 24.8 Å². The fourth-order valence-corrected chi connectivity index (χ4v) is 6.07. The number of para-hydroxylation sites is 1. The highest BCUT2D eigenvalue weighted by Crippen LogP contribution is 2.34. The van der Waals surface area contributed by atoms with Crippen LogP contribution in [0.4, 0.5) is 11.4 Å². The van der Waals surface area contributed by atoms with Crippen LogP contribution in [0.2, 0.25) is 0 Å². The molecule has 1 saturated heterocycles. The molecule has 1 N–H and O–H groups in total. The van der Waals surface area contributed by atoms with E-state index >= 15 is 0 Å².